The summed E-state index contributed by atoms with van der Waals surface area (Å²) in [4.78, 5) is 39.0. The molecule has 2 aromatic rings. The van der Waals surface area contributed by atoms with Crippen molar-refractivity contribution >= 4 is 23.5 Å². The van der Waals surface area contributed by atoms with Gasteiger partial charge in [0.15, 0.2) is 6.61 Å². The van der Waals surface area contributed by atoms with E-state index in [0.29, 0.717) is 63.7 Å². The molecule has 0 spiro atoms. The fraction of sp³-hybridized carbons (Fsp3) is 0.455. The number of rotatable bonds is 5. The summed E-state index contributed by atoms with van der Waals surface area (Å²) in [5.41, 5.74) is 0.549. The number of ether oxygens (including phenoxy) is 1. The normalized spacial score (nSPS) is 17.5. The number of carbonyl (C=O) groups is 2. The van der Waals surface area contributed by atoms with Crippen molar-refractivity contribution in [1.29, 1.82) is 0 Å². The molecule has 1 aromatic heterocycles. The van der Waals surface area contributed by atoms with Crippen LogP contribution in [0.1, 0.15) is 12.8 Å². The van der Waals surface area contributed by atoms with Crippen LogP contribution in [0.25, 0.3) is 0 Å². The average molecular weight is 427 g/mol. The van der Waals surface area contributed by atoms with E-state index in [4.69, 9.17) is 4.74 Å². The Bertz CT molecular complexity index is 897. The molecule has 4 rings (SSSR count). The van der Waals surface area contributed by atoms with E-state index in [-0.39, 0.29) is 30.2 Å². The molecule has 0 unspecified atom stereocenters. The summed E-state index contributed by atoms with van der Waals surface area (Å²) in [6.45, 7) is 3.13. The van der Waals surface area contributed by atoms with Crippen LogP contribution in [0.3, 0.4) is 0 Å². The third-order valence-corrected chi connectivity index (χ3v) is 5.83. The standard InChI is InChI=1S/C22H26FN5O3/c23-18-4-1-2-5-19(18)26-12-14-27(15-13-26)20(29)16-31-21(30)17-6-10-28(11-7-17)22-24-8-3-9-25-22/h1-5,8-9,17H,6-7,10-16H2. The van der Waals surface area contributed by atoms with Crippen molar-refractivity contribution in [2.45, 2.75) is 12.8 Å². The van der Waals surface area contributed by atoms with Gasteiger partial charge in [-0.05, 0) is 31.0 Å². The van der Waals surface area contributed by atoms with Gasteiger partial charge in [0.2, 0.25) is 5.95 Å². The summed E-state index contributed by atoms with van der Waals surface area (Å²) in [7, 11) is 0. The lowest BCUT2D eigenvalue weighted by molar-refractivity contribution is -0.156. The number of benzene rings is 1. The smallest absolute Gasteiger partial charge is 0.309 e. The zero-order chi connectivity index (χ0) is 21.6. The van der Waals surface area contributed by atoms with E-state index < -0.39 is 0 Å². The van der Waals surface area contributed by atoms with Crippen LogP contribution in [0.4, 0.5) is 16.0 Å². The molecule has 0 bridgehead atoms. The molecule has 0 aliphatic carbocycles. The number of nitrogens with zero attached hydrogens (tertiary/aromatic N) is 5. The van der Waals surface area contributed by atoms with Gasteiger partial charge in [-0.25, -0.2) is 14.4 Å². The maximum atomic E-state index is 13.9. The number of piperazine rings is 1. The van der Waals surface area contributed by atoms with Gasteiger partial charge in [0, 0.05) is 51.7 Å². The number of anilines is 2. The van der Waals surface area contributed by atoms with Gasteiger partial charge in [-0.1, -0.05) is 12.1 Å². The monoisotopic (exact) mass is 427 g/mol. The minimum absolute atomic E-state index is 0.211. The van der Waals surface area contributed by atoms with Crippen molar-refractivity contribution in [2.24, 2.45) is 5.92 Å². The van der Waals surface area contributed by atoms with Crippen LogP contribution < -0.4 is 9.80 Å². The zero-order valence-electron chi connectivity index (χ0n) is 17.3. The predicted molar refractivity (Wildman–Crippen MR) is 113 cm³/mol. The number of esters is 1. The molecule has 31 heavy (non-hydrogen) atoms. The summed E-state index contributed by atoms with van der Waals surface area (Å²) >= 11 is 0. The molecule has 2 aliphatic rings. The highest BCUT2D eigenvalue weighted by molar-refractivity contribution is 5.81. The maximum Gasteiger partial charge on any atom is 0.309 e. The number of carbonyl (C=O) groups excluding carboxylic acids is 2. The van der Waals surface area contributed by atoms with E-state index in [1.54, 1.807) is 41.6 Å². The average Bonchev–Trinajstić information content (AvgIpc) is 2.83. The second-order valence-corrected chi connectivity index (χ2v) is 7.74. The number of aromatic nitrogens is 2. The molecule has 0 atom stereocenters. The van der Waals surface area contributed by atoms with Gasteiger partial charge >= 0.3 is 5.97 Å². The number of halogens is 1. The summed E-state index contributed by atoms with van der Waals surface area (Å²) in [6.07, 6.45) is 4.69. The summed E-state index contributed by atoms with van der Waals surface area (Å²) in [6, 6.07) is 8.40. The first kappa shape index (κ1) is 21.0. The van der Waals surface area contributed by atoms with Crippen molar-refractivity contribution in [3.05, 3.63) is 48.5 Å². The van der Waals surface area contributed by atoms with Gasteiger partial charge in [0.1, 0.15) is 5.82 Å². The molecule has 164 valence electrons. The number of piperidine rings is 1. The summed E-state index contributed by atoms with van der Waals surface area (Å²) in [5, 5.41) is 0. The number of para-hydroxylation sites is 1. The van der Waals surface area contributed by atoms with Gasteiger partial charge in [-0.15, -0.1) is 0 Å². The van der Waals surface area contributed by atoms with Crippen LogP contribution in [0.2, 0.25) is 0 Å². The first-order chi connectivity index (χ1) is 15.1. The second-order valence-electron chi connectivity index (χ2n) is 7.74. The number of hydrogen-bond donors (Lipinski definition) is 0. The minimum atomic E-state index is -0.327. The lowest BCUT2D eigenvalue weighted by Gasteiger charge is -2.36. The van der Waals surface area contributed by atoms with Crippen LogP contribution in [0, 0.1) is 11.7 Å². The lowest BCUT2D eigenvalue weighted by Crippen LogP contribution is -2.50. The first-order valence-electron chi connectivity index (χ1n) is 10.6. The Morgan fingerprint density at radius 2 is 1.61 bits per heavy atom. The van der Waals surface area contributed by atoms with Crippen molar-refractivity contribution in [3.63, 3.8) is 0 Å². The van der Waals surface area contributed by atoms with E-state index in [2.05, 4.69) is 9.97 Å². The van der Waals surface area contributed by atoms with Gasteiger partial charge in [0.25, 0.3) is 5.91 Å². The van der Waals surface area contributed by atoms with Crippen molar-refractivity contribution in [3.8, 4) is 0 Å². The minimum Gasteiger partial charge on any atom is -0.455 e. The highest BCUT2D eigenvalue weighted by atomic mass is 19.1. The summed E-state index contributed by atoms with van der Waals surface area (Å²) in [5.74, 6) is -0.352. The molecule has 0 saturated carbocycles. The molecule has 3 heterocycles. The fourth-order valence-electron chi connectivity index (χ4n) is 4.02. The molecule has 2 saturated heterocycles. The molecule has 1 amide bonds. The van der Waals surface area contributed by atoms with Crippen LogP contribution in [-0.4, -0.2) is 72.6 Å². The number of amides is 1. The quantitative estimate of drug-likeness (QED) is 0.673. The fourth-order valence-corrected chi connectivity index (χ4v) is 4.02. The van der Waals surface area contributed by atoms with Crippen LogP contribution >= 0.6 is 0 Å². The molecule has 1 aromatic carbocycles. The Labute approximate surface area is 180 Å². The maximum absolute atomic E-state index is 13.9. The van der Waals surface area contributed by atoms with Crippen molar-refractivity contribution in [1.82, 2.24) is 14.9 Å². The van der Waals surface area contributed by atoms with E-state index >= 15 is 0 Å². The Morgan fingerprint density at radius 3 is 2.29 bits per heavy atom. The van der Waals surface area contributed by atoms with Crippen molar-refractivity contribution in [2.75, 3.05) is 55.7 Å². The van der Waals surface area contributed by atoms with Crippen LogP contribution in [0.5, 0.6) is 0 Å². The van der Waals surface area contributed by atoms with E-state index in [1.807, 2.05) is 9.80 Å². The van der Waals surface area contributed by atoms with Crippen LogP contribution in [-0.2, 0) is 14.3 Å². The highest BCUT2D eigenvalue weighted by Gasteiger charge is 2.29. The van der Waals surface area contributed by atoms with Gasteiger partial charge < -0.3 is 19.4 Å². The third kappa shape index (κ3) is 5.10. The molecule has 0 radical (unpaired) electrons. The first-order valence-corrected chi connectivity index (χ1v) is 10.6. The van der Waals surface area contributed by atoms with E-state index in [0.717, 1.165) is 0 Å². The van der Waals surface area contributed by atoms with E-state index in [1.165, 1.54) is 6.07 Å². The SMILES string of the molecule is O=C(OCC(=O)N1CCN(c2ccccc2F)CC1)C1CCN(c2ncccn2)CC1. The van der Waals surface area contributed by atoms with Gasteiger partial charge in [-0.3, -0.25) is 9.59 Å². The molecule has 9 heteroatoms. The molecule has 0 N–H and O–H groups in total. The van der Waals surface area contributed by atoms with Gasteiger partial charge in [0.05, 0.1) is 11.6 Å². The zero-order valence-corrected chi connectivity index (χ0v) is 17.3. The topological polar surface area (TPSA) is 78.9 Å². The highest BCUT2D eigenvalue weighted by Crippen LogP contribution is 2.22. The second kappa shape index (κ2) is 9.72. The van der Waals surface area contributed by atoms with Gasteiger partial charge in [-0.2, -0.15) is 0 Å². The molecule has 8 nitrogen and oxygen atoms in total. The van der Waals surface area contributed by atoms with Crippen LogP contribution in [0.15, 0.2) is 42.7 Å². The van der Waals surface area contributed by atoms with E-state index in [9.17, 15) is 14.0 Å². The Balaban J connectivity index is 1.19. The lowest BCUT2D eigenvalue weighted by atomic mass is 9.97. The third-order valence-electron chi connectivity index (χ3n) is 5.83. The predicted octanol–water partition coefficient (Wildman–Crippen LogP) is 1.72. The molecule has 2 fully saturated rings. The Morgan fingerprint density at radius 1 is 0.935 bits per heavy atom. The molecular formula is C22H26FN5O3. The Kier molecular flexibility index (Phi) is 6.59. The number of hydrogen-bond acceptors (Lipinski definition) is 7. The largest absolute Gasteiger partial charge is 0.455 e. The Hall–Kier alpha value is -3.23. The molecule has 2 aliphatic heterocycles. The molecular weight excluding hydrogens is 401 g/mol. The van der Waals surface area contributed by atoms with Crippen molar-refractivity contribution < 1.29 is 18.7 Å². The summed E-state index contributed by atoms with van der Waals surface area (Å²) < 4.78 is 19.3.